The van der Waals surface area contributed by atoms with Crippen molar-refractivity contribution < 1.29 is 13.2 Å². The first kappa shape index (κ1) is 15.7. The van der Waals surface area contributed by atoms with Crippen LogP contribution in [0, 0.1) is 11.3 Å². The van der Waals surface area contributed by atoms with Crippen LogP contribution in [0.1, 0.15) is 24.5 Å². The van der Waals surface area contributed by atoms with Crippen LogP contribution in [0.2, 0.25) is 0 Å². The summed E-state index contributed by atoms with van der Waals surface area (Å²) >= 11 is 1.66. The maximum Gasteiger partial charge on any atom is 0.417 e. The number of benzene rings is 1. The molecular formula is C13H15F3N2S. The number of rotatable bonds is 5. The van der Waals surface area contributed by atoms with Gasteiger partial charge in [0.25, 0.3) is 0 Å². The lowest BCUT2D eigenvalue weighted by atomic mass is 10.1. The van der Waals surface area contributed by atoms with E-state index in [1.807, 2.05) is 13.2 Å². The van der Waals surface area contributed by atoms with Crippen molar-refractivity contribution in [3.8, 4) is 6.07 Å². The molecule has 0 saturated carbocycles. The number of hydrogen-bond acceptors (Lipinski definition) is 3. The summed E-state index contributed by atoms with van der Waals surface area (Å²) in [6.45, 7) is 2.00. The molecule has 0 aliphatic rings. The number of halogens is 3. The van der Waals surface area contributed by atoms with E-state index in [2.05, 4.69) is 5.32 Å². The lowest BCUT2D eigenvalue weighted by molar-refractivity contribution is -0.137. The molecule has 0 heterocycles. The van der Waals surface area contributed by atoms with Crippen molar-refractivity contribution in [2.45, 2.75) is 25.6 Å². The molecule has 6 heteroatoms. The maximum absolute atomic E-state index is 12.6. The third kappa shape index (κ3) is 4.35. The van der Waals surface area contributed by atoms with Gasteiger partial charge in [0.05, 0.1) is 17.2 Å². The van der Waals surface area contributed by atoms with Gasteiger partial charge in [-0.3, -0.25) is 0 Å². The van der Waals surface area contributed by atoms with Gasteiger partial charge in [-0.15, -0.1) is 0 Å². The van der Waals surface area contributed by atoms with E-state index in [1.54, 1.807) is 17.8 Å². The van der Waals surface area contributed by atoms with Crippen LogP contribution >= 0.6 is 11.8 Å². The SMILES string of the molecule is CCC(CSC)Nc1ccc(C(F)(F)F)c(C#N)c1. The Labute approximate surface area is 115 Å². The van der Waals surface area contributed by atoms with E-state index in [1.165, 1.54) is 12.1 Å². The fourth-order valence-corrected chi connectivity index (χ4v) is 2.39. The summed E-state index contributed by atoms with van der Waals surface area (Å²) in [7, 11) is 0. The third-order valence-corrected chi connectivity index (χ3v) is 3.41. The molecule has 1 aromatic rings. The molecule has 0 aromatic heterocycles. The Kier molecular flexibility index (Phi) is 5.55. The third-order valence-electron chi connectivity index (χ3n) is 2.68. The molecule has 19 heavy (non-hydrogen) atoms. The highest BCUT2D eigenvalue weighted by molar-refractivity contribution is 7.98. The number of anilines is 1. The Balaban J connectivity index is 2.98. The highest BCUT2D eigenvalue weighted by Crippen LogP contribution is 2.33. The number of nitriles is 1. The van der Waals surface area contributed by atoms with Crippen molar-refractivity contribution in [3.63, 3.8) is 0 Å². The molecule has 0 aliphatic carbocycles. The fourth-order valence-electron chi connectivity index (χ4n) is 1.67. The van der Waals surface area contributed by atoms with E-state index in [4.69, 9.17) is 5.26 Å². The predicted octanol–water partition coefficient (Wildman–Crippen LogP) is 4.13. The van der Waals surface area contributed by atoms with Crippen LogP contribution in [0.5, 0.6) is 0 Å². The molecule has 0 bridgehead atoms. The standard InChI is InChI=1S/C13H15F3N2S/c1-3-10(8-19-2)18-11-4-5-12(13(14,15)16)9(6-11)7-17/h4-6,10,18H,3,8H2,1-2H3. The zero-order chi connectivity index (χ0) is 14.5. The Bertz CT molecular complexity index is 466. The molecule has 0 fully saturated rings. The topological polar surface area (TPSA) is 35.8 Å². The van der Waals surface area contributed by atoms with Crippen LogP contribution in [0.3, 0.4) is 0 Å². The number of thioether (sulfide) groups is 1. The van der Waals surface area contributed by atoms with Gasteiger partial charge in [0.15, 0.2) is 0 Å². The lowest BCUT2D eigenvalue weighted by Gasteiger charge is -2.18. The van der Waals surface area contributed by atoms with Gasteiger partial charge in [-0.25, -0.2) is 0 Å². The van der Waals surface area contributed by atoms with Crippen molar-refractivity contribution in [3.05, 3.63) is 29.3 Å². The minimum Gasteiger partial charge on any atom is -0.381 e. The smallest absolute Gasteiger partial charge is 0.381 e. The van der Waals surface area contributed by atoms with Gasteiger partial charge in [0.2, 0.25) is 0 Å². The molecule has 1 N–H and O–H groups in total. The second-order valence-electron chi connectivity index (χ2n) is 4.07. The van der Waals surface area contributed by atoms with E-state index >= 15 is 0 Å². The summed E-state index contributed by atoms with van der Waals surface area (Å²) in [5, 5.41) is 12.0. The fraction of sp³-hybridized carbons (Fsp3) is 0.462. The van der Waals surface area contributed by atoms with Crippen molar-refractivity contribution in [2.75, 3.05) is 17.3 Å². The van der Waals surface area contributed by atoms with Crippen LogP contribution in [0.25, 0.3) is 0 Å². The Morgan fingerprint density at radius 3 is 2.58 bits per heavy atom. The second kappa shape index (κ2) is 6.71. The molecule has 1 rings (SSSR count). The summed E-state index contributed by atoms with van der Waals surface area (Å²) in [6.07, 6.45) is -1.66. The number of hydrogen-bond donors (Lipinski definition) is 1. The summed E-state index contributed by atoms with van der Waals surface area (Å²) in [5.74, 6) is 0.861. The molecule has 0 aliphatic heterocycles. The normalized spacial score (nSPS) is 12.8. The van der Waals surface area contributed by atoms with Crippen LogP contribution in [-0.4, -0.2) is 18.1 Å². The molecule has 1 aromatic carbocycles. The zero-order valence-corrected chi connectivity index (χ0v) is 11.5. The summed E-state index contributed by atoms with van der Waals surface area (Å²) in [4.78, 5) is 0. The Morgan fingerprint density at radius 1 is 1.42 bits per heavy atom. The molecule has 0 spiro atoms. The van der Waals surface area contributed by atoms with E-state index in [0.717, 1.165) is 18.2 Å². The van der Waals surface area contributed by atoms with Crippen molar-refractivity contribution >= 4 is 17.4 Å². The average Bonchev–Trinajstić information content (AvgIpc) is 2.36. The zero-order valence-electron chi connectivity index (χ0n) is 10.7. The Morgan fingerprint density at radius 2 is 2.11 bits per heavy atom. The van der Waals surface area contributed by atoms with Crippen molar-refractivity contribution in [2.24, 2.45) is 0 Å². The molecule has 0 saturated heterocycles. The monoisotopic (exact) mass is 288 g/mol. The first-order valence-electron chi connectivity index (χ1n) is 5.79. The molecular weight excluding hydrogens is 273 g/mol. The second-order valence-corrected chi connectivity index (χ2v) is 4.99. The Hall–Kier alpha value is -1.35. The minimum absolute atomic E-state index is 0.179. The van der Waals surface area contributed by atoms with E-state index in [0.29, 0.717) is 5.69 Å². The van der Waals surface area contributed by atoms with Crippen LogP contribution in [0.4, 0.5) is 18.9 Å². The first-order valence-corrected chi connectivity index (χ1v) is 7.18. The molecule has 104 valence electrons. The van der Waals surface area contributed by atoms with E-state index in [9.17, 15) is 13.2 Å². The van der Waals surface area contributed by atoms with Crippen molar-refractivity contribution in [1.29, 1.82) is 5.26 Å². The summed E-state index contributed by atoms with van der Waals surface area (Å²) < 4.78 is 37.9. The summed E-state index contributed by atoms with van der Waals surface area (Å²) in [5.41, 5.74) is -0.694. The number of alkyl halides is 3. The van der Waals surface area contributed by atoms with Gasteiger partial charge in [-0.1, -0.05) is 6.92 Å². The van der Waals surface area contributed by atoms with E-state index in [-0.39, 0.29) is 11.6 Å². The van der Waals surface area contributed by atoms with Crippen LogP contribution in [0.15, 0.2) is 18.2 Å². The largest absolute Gasteiger partial charge is 0.417 e. The molecule has 0 radical (unpaired) electrons. The average molecular weight is 288 g/mol. The number of nitrogens with one attached hydrogen (secondary N) is 1. The minimum atomic E-state index is -4.49. The number of nitrogens with zero attached hydrogens (tertiary/aromatic N) is 1. The van der Waals surface area contributed by atoms with Gasteiger partial charge < -0.3 is 5.32 Å². The molecule has 0 amide bonds. The van der Waals surface area contributed by atoms with Gasteiger partial charge >= 0.3 is 6.18 Å². The lowest BCUT2D eigenvalue weighted by Crippen LogP contribution is -2.21. The van der Waals surface area contributed by atoms with Gasteiger partial charge in [-0.2, -0.15) is 30.2 Å². The first-order chi connectivity index (χ1) is 8.92. The van der Waals surface area contributed by atoms with Gasteiger partial charge in [0.1, 0.15) is 0 Å². The highest BCUT2D eigenvalue weighted by Gasteiger charge is 2.33. The molecule has 1 unspecified atom stereocenters. The van der Waals surface area contributed by atoms with Crippen LogP contribution < -0.4 is 5.32 Å². The van der Waals surface area contributed by atoms with Gasteiger partial charge in [-0.05, 0) is 30.9 Å². The maximum atomic E-state index is 12.6. The molecule has 1 atom stereocenters. The molecule has 2 nitrogen and oxygen atoms in total. The van der Waals surface area contributed by atoms with Crippen LogP contribution in [-0.2, 0) is 6.18 Å². The van der Waals surface area contributed by atoms with E-state index < -0.39 is 11.7 Å². The van der Waals surface area contributed by atoms with Crippen molar-refractivity contribution in [1.82, 2.24) is 0 Å². The quantitative estimate of drug-likeness (QED) is 0.885. The summed E-state index contributed by atoms with van der Waals surface area (Å²) in [6, 6.07) is 5.35. The van der Waals surface area contributed by atoms with Gasteiger partial charge in [0, 0.05) is 17.5 Å². The predicted molar refractivity (Wildman–Crippen MR) is 72.2 cm³/mol. The highest BCUT2D eigenvalue weighted by atomic mass is 32.2.